The summed E-state index contributed by atoms with van der Waals surface area (Å²) in [6.45, 7) is 6.44. The summed E-state index contributed by atoms with van der Waals surface area (Å²) in [5.74, 6) is 1.64. The van der Waals surface area contributed by atoms with Gasteiger partial charge in [0.2, 0.25) is 5.82 Å². The second-order valence-electron chi connectivity index (χ2n) is 6.24. The number of carbonyl (C=O) groups excluding carboxylic acids is 1. The van der Waals surface area contributed by atoms with Gasteiger partial charge in [0.15, 0.2) is 0 Å². The molecule has 0 saturated heterocycles. The van der Waals surface area contributed by atoms with E-state index in [0.29, 0.717) is 18.3 Å². The second kappa shape index (κ2) is 6.88. The van der Waals surface area contributed by atoms with Crippen molar-refractivity contribution in [2.24, 2.45) is 7.05 Å². The Hall–Kier alpha value is -2.96. The van der Waals surface area contributed by atoms with Crippen LogP contribution in [0.25, 0.3) is 5.69 Å². The largest absolute Gasteiger partial charge is 0.342 e. The first-order valence-corrected chi connectivity index (χ1v) is 8.24. The molecule has 2 aromatic heterocycles. The molecule has 0 bridgehead atoms. The number of hydrogen-bond donors (Lipinski definition) is 1. The molecule has 1 aromatic carbocycles. The number of carbonyl (C=O) groups is 1. The SMILES string of the molecule is Cc1nc(C(=O)NCc2nccn2C)nn1-c1ccccc1C(C)C. The lowest BCUT2D eigenvalue weighted by molar-refractivity contribution is 0.0939. The van der Waals surface area contributed by atoms with E-state index in [1.54, 1.807) is 10.9 Å². The third-order valence-corrected chi connectivity index (χ3v) is 4.09. The van der Waals surface area contributed by atoms with Gasteiger partial charge in [-0.3, -0.25) is 4.79 Å². The number of nitrogens with one attached hydrogen (secondary N) is 1. The Bertz CT molecular complexity index is 893. The fraction of sp³-hybridized carbons (Fsp3) is 0.333. The van der Waals surface area contributed by atoms with Gasteiger partial charge in [0, 0.05) is 19.4 Å². The Labute approximate surface area is 146 Å². The highest BCUT2D eigenvalue weighted by molar-refractivity contribution is 5.90. The van der Waals surface area contributed by atoms with Crippen LogP contribution in [0.5, 0.6) is 0 Å². The Morgan fingerprint density at radius 1 is 1.28 bits per heavy atom. The zero-order valence-electron chi connectivity index (χ0n) is 14.9. The summed E-state index contributed by atoms with van der Waals surface area (Å²) in [6, 6.07) is 8.03. The van der Waals surface area contributed by atoms with Crippen molar-refractivity contribution < 1.29 is 4.79 Å². The highest BCUT2D eigenvalue weighted by Gasteiger charge is 2.17. The van der Waals surface area contributed by atoms with Crippen LogP contribution in [0.1, 0.15) is 47.6 Å². The highest BCUT2D eigenvalue weighted by atomic mass is 16.2. The van der Waals surface area contributed by atoms with Crippen LogP contribution in [0.4, 0.5) is 0 Å². The number of imidazole rings is 1. The van der Waals surface area contributed by atoms with E-state index >= 15 is 0 Å². The third-order valence-electron chi connectivity index (χ3n) is 4.09. The maximum atomic E-state index is 12.4. The van der Waals surface area contributed by atoms with Crippen LogP contribution in [0.2, 0.25) is 0 Å². The van der Waals surface area contributed by atoms with Crippen molar-refractivity contribution in [3.8, 4) is 5.69 Å². The van der Waals surface area contributed by atoms with E-state index in [4.69, 9.17) is 0 Å². The zero-order valence-corrected chi connectivity index (χ0v) is 14.9. The van der Waals surface area contributed by atoms with E-state index in [1.165, 1.54) is 0 Å². The van der Waals surface area contributed by atoms with Crippen molar-refractivity contribution in [2.75, 3.05) is 0 Å². The molecule has 0 aliphatic rings. The number of para-hydroxylation sites is 1. The molecule has 130 valence electrons. The molecule has 7 heteroatoms. The topological polar surface area (TPSA) is 77.6 Å². The Kier molecular flexibility index (Phi) is 4.65. The number of rotatable bonds is 5. The highest BCUT2D eigenvalue weighted by Crippen LogP contribution is 2.23. The fourth-order valence-electron chi connectivity index (χ4n) is 2.69. The Morgan fingerprint density at radius 3 is 2.72 bits per heavy atom. The van der Waals surface area contributed by atoms with E-state index in [2.05, 4.69) is 40.3 Å². The molecule has 0 aliphatic carbocycles. The molecule has 7 nitrogen and oxygen atoms in total. The molecule has 0 saturated carbocycles. The van der Waals surface area contributed by atoms with Crippen molar-refractivity contribution >= 4 is 5.91 Å². The molecule has 0 atom stereocenters. The molecule has 0 unspecified atom stereocenters. The number of amides is 1. The van der Waals surface area contributed by atoms with Crippen molar-refractivity contribution in [1.82, 2.24) is 29.6 Å². The van der Waals surface area contributed by atoms with E-state index in [0.717, 1.165) is 17.1 Å². The minimum atomic E-state index is -0.313. The molecular weight excluding hydrogens is 316 g/mol. The number of aryl methyl sites for hydroxylation is 2. The zero-order chi connectivity index (χ0) is 18.0. The summed E-state index contributed by atoms with van der Waals surface area (Å²) in [7, 11) is 1.88. The number of nitrogens with zero attached hydrogens (tertiary/aromatic N) is 5. The van der Waals surface area contributed by atoms with Crippen molar-refractivity contribution in [1.29, 1.82) is 0 Å². The van der Waals surface area contributed by atoms with Gasteiger partial charge in [0.05, 0.1) is 12.2 Å². The summed E-state index contributed by atoms with van der Waals surface area (Å²) in [6.07, 6.45) is 3.53. The predicted octanol–water partition coefficient (Wildman–Crippen LogP) is 2.36. The van der Waals surface area contributed by atoms with Crippen LogP contribution < -0.4 is 5.32 Å². The molecule has 0 aliphatic heterocycles. The van der Waals surface area contributed by atoms with Crippen LogP contribution in [0.15, 0.2) is 36.7 Å². The molecule has 3 rings (SSSR count). The quantitative estimate of drug-likeness (QED) is 0.775. The minimum absolute atomic E-state index is 0.158. The third kappa shape index (κ3) is 3.45. The van der Waals surface area contributed by atoms with Crippen LogP contribution in [-0.4, -0.2) is 30.2 Å². The van der Waals surface area contributed by atoms with E-state index in [-0.39, 0.29) is 11.7 Å². The molecular formula is C18H22N6O. The van der Waals surface area contributed by atoms with Gasteiger partial charge in [-0.05, 0) is 24.5 Å². The van der Waals surface area contributed by atoms with Crippen LogP contribution in [0, 0.1) is 6.92 Å². The van der Waals surface area contributed by atoms with Gasteiger partial charge in [-0.2, -0.15) is 0 Å². The van der Waals surface area contributed by atoms with Crippen molar-refractivity contribution in [3.63, 3.8) is 0 Å². The summed E-state index contributed by atoms with van der Waals surface area (Å²) in [5.41, 5.74) is 2.11. The first kappa shape index (κ1) is 16.9. The Balaban J connectivity index is 1.83. The maximum absolute atomic E-state index is 12.4. The lowest BCUT2D eigenvalue weighted by atomic mass is 10.0. The minimum Gasteiger partial charge on any atom is -0.342 e. The number of hydrogen-bond acceptors (Lipinski definition) is 4. The van der Waals surface area contributed by atoms with Crippen LogP contribution >= 0.6 is 0 Å². The average Bonchev–Trinajstić information content (AvgIpc) is 3.18. The number of aromatic nitrogens is 5. The average molecular weight is 338 g/mol. The fourth-order valence-corrected chi connectivity index (χ4v) is 2.69. The molecule has 1 N–H and O–H groups in total. The predicted molar refractivity (Wildman–Crippen MR) is 94.6 cm³/mol. The Morgan fingerprint density at radius 2 is 2.04 bits per heavy atom. The first-order chi connectivity index (χ1) is 12.0. The summed E-state index contributed by atoms with van der Waals surface area (Å²) >= 11 is 0. The monoisotopic (exact) mass is 338 g/mol. The molecule has 0 spiro atoms. The van der Waals surface area contributed by atoms with E-state index in [1.807, 2.05) is 42.9 Å². The smallest absolute Gasteiger partial charge is 0.291 e. The van der Waals surface area contributed by atoms with Crippen molar-refractivity contribution in [2.45, 2.75) is 33.2 Å². The van der Waals surface area contributed by atoms with Gasteiger partial charge >= 0.3 is 0 Å². The molecule has 2 heterocycles. The number of benzene rings is 1. The summed E-state index contributed by atoms with van der Waals surface area (Å²) in [4.78, 5) is 20.9. The molecule has 0 radical (unpaired) electrons. The first-order valence-electron chi connectivity index (χ1n) is 8.24. The van der Waals surface area contributed by atoms with E-state index < -0.39 is 0 Å². The lowest BCUT2D eigenvalue weighted by Crippen LogP contribution is -2.25. The molecule has 3 aromatic rings. The van der Waals surface area contributed by atoms with Crippen molar-refractivity contribution in [3.05, 3.63) is 59.7 Å². The van der Waals surface area contributed by atoms with Crippen LogP contribution in [-0.2, 0) is 13.6 Å². The summed E-state index contributed by atoms with van der Waals surface area (Å²) < 4.78 is 3.58. The van der Waals surface area contributed by atoms with Gasteiger partial charge in [-0.1, -0.05) is 32.0 Å². The van der Waals surface area contributed by atoms with Gasteiger partial charge in [0.25, 0.3) is 5.91 Å². The van der Waals surface area contributed by atoms with E-state index in [9.17, 15) is 4.79 Å². The maximum Gasteiger partial charge on any atom is 0.291 e. The normalized spacial score (nSPS) is 11.1. The lowest BCUT2D eigenvalue weighted by Gasteiger charge is -2.12. The standard InChI is InChI=1S/C18H22N6O/c1-12(2)14-7-5-6-8-15(14)24-13(3)21-17(22-24)18(25)20-11-16-19-9-10-23(16)4/h5-10,12H,11H2,1-4H3,(H,20,25). The van der Waals surface area contributed by atoms with Crippen LogP contribution in [0.3, 0.4) is 0 Å². The summed E-state index contributed by atoms with van der Waals surface area (Å²) in [5, 5.41) is 7.22. The van der Waals surface area contributed by atoms with Gasteiger partial charge in [-0.25, -0.2) is 14.6 Å². The molecule has 25 heavy (non-hydrogen) atoms. The molecule has 0 fully saturated rings. The van der Waals surface area contributed by atoms with Gasteiger partial charge in [0.1, 0.15) is 11.6 Å². The van der Waals surface area contributed by atoms with Gasteiger partial charge < -0.3 is 9.88 Å². The van der Waals surface area contributed by atoms with Gasteiger partial charge in [-0.15, -0.1) is 5.10 Å². The molecule has 1 amide bonds. The second-order valence-corrected chi connectivity index (χ2v) is 6.24.